The quantitative estimate of drug-likeness (QED) is 0.160. The molecule has 0 saturated heterocycles. The average Bonchev–Trinajstić information content (AvgIpc) is 2.60. The van der Waals surface area contributed by atoms with Gasteiger partial charge in [-0.05, 0) is 24.5 Å². The van der Waals surface area contributed by atoms with Crippen LogP contribution in [0.5, 0.6) is 0 Å². The molecule has 1 aromatic rings. The number of nitrogens with zero attached hydrogens (tertiary/aromatic N) is 1. The Morgan fingerprint density at radius 3 is 2.52 bits per heavy atom. The molecule has 0 fully saturated rings. The highest BCUT2D eigenvalue weighted by Gasteiger charge is 2.15. The first-order valence-corrected chi connectivity index (χ1v) is 8.30. The zero-order chi connectivity index (χ0) is 19.5. The van der Waals surface area contributed by atoms with Gasteiger partial charge in [-0.3, -0.25) is 9.79 Å². The maximum atomic E-state index is 13.5. The van der Waals surface area contributed by atoms with Crippen LogP contribution in [0.3, 0.4) is 0 Å². The van der Waals surface area contributed by atoms with E-state index in [2.05, 4.69) is 34.8 Å². The van der Waals surface area contributed by atoms with Gasteiger partial charge in [0.05, 0.1) is 12.2 Å². The molecule has 1 aromatic carbocycles. The summed E-state index contributed by atoms with van der Waals surface area (Å²) < 4.78 is 44.9. The Bertz CT molecular complexity index is 630. The second-order valence-electron chi connectivity index (χ2n) is 5.95. The van der Waals surface area contributed by atoms with E-state index in [-0.39, 0.29) is 30.5 Å². The van der Waals surface area contributed by atoms with Crippen molar-refractivity contribution in [3.8, 4) is 0 Å². The van der Waals surface area contributed by atoms with Crippen molar-refractivity contribution in [1.29, 1.82) is 0 Å². The predicted molar refractivity (Wildman–Crippen MR) is 110 cm³/mol. The van der Waals surface area contributed by atoms with Crippen LogP contribution in [0.4, 0.5) is 18.9 Å². The molecule has 154 valence electrons. The number of carbonyl (C=O) groups excluding carboxylic acids is 1. The van der Waals surface area contributed by atoms with Gasteiger partial charge < -0.3 is 20.7 Å². The van der Waals surface area contributed by atoms with Crippen molar-refractivity contribution in [2.45, 2.75) is 20.3 Å². The van der Waals surface area contributed by atoms with E-state index in [1.54, 1.807) is 0 Å². The van der Waals surface area contributed by atoms with Gasteiger partial charge >= 0.3 is 0 Å². The van der Waals surface area contributed by atoms with Crippen LogP contribution in [-0.4, -0.2) is 45.2 Å². The number of rotatable bonds is 9. The minimum atomic E-state index is -1.63. The van der Waals surface area contributed by atoms with E-state index < -0.39 is 29.0 Å². The standard InChI is InChI=1S/C17H25F3N4O2.HI/c1-11(2)10-26-8-4-7-22-17(21-3)23-9-14(25)24-13-6-5-12(18)15(19)16(13)20;/h5-6,11H,4,7-10H2,1-3H3,(H,24,25)(H2,21,22,23);1H. The molecule has 0 aliphatic carbocycles. The highest BCUT2D eigenvalue weighted by molar-refractivity contribution is 14.0. The highest BCUT2D eigenvalue weighted by Crippen LogP contribution is 2.19. The molecule has 0 heterocycles. The number of anilines is 1. The Labute approximate surface area is 174 Å². The Morgan fingerprint density at radius 1 is 1.19 bits per heavy atom. The number of guanidine groups is 1. The van der Waals surface area contributed by atoms with Crippen LogP contribution >= 0.6 is 24.0 Å². The van der Waals surface area contributed by atoms with Crippen LogP contribution in [0.1, 0.15) is 20.3 Å². The molecule has 0 bridgehead atoms. The molecule has 0 saturated carbocycles. The molecule has 27 heavy (non-hydrogen) atoms. The van der Waals surface area contributed by atoms with Gasteiger partial charge in [-0.25, -0.2) is 13.2 Å². The van der Waals surface area contributed by atoms with Crippen LogP contribution in [-0.2, 0) is 9.53 Å². The SMILES string of the molecule is CN=C(NCCCOCC(C)C)NCC(=O)Nc1ccc(F)c(F)c1F.I. The molecule has 0 radical (unpaired) electrons. The number of hydrogen-bond donors (Lipinski definition) is 3. The lowest BCUT2D eigenvalue weighted by atomic mass is 10.2. The zero-order valence-electron chi connectivity index (χ0n) is 15.6. The van der Waals surface area contributed by atoms with Gasteiger partial charge in [-0.15, -0.1) is 24.0 Å². The first-order valence-electron chi connectivity index (χ1n) is 8.30. The summed E-state index contributed by atoms with van der Waals surface area (Å²) in [5.74, 6) is -4.15. The van der Waals surface area contributed by atoms with Crippen molar-refractivity contribution >= 4 is 41.5 Å². The van der Waals surface area contributed by atoms with Crippen LogP contribution in [0.15, 0.2) is 17.1 Å². The molecule has 0 aliphatic rings. The van der Waals surface area contributed by atoms with Crippen molar-refractivity contribution in [1.82, 2.24) is 10.6 Å². The number of carbonyl (C=O) groups is 1. The third-order valence-electron chi connectivity index (χ3n) is 3.16. The molecule has 1 rings (SSSR count). The Hall–Kier alpha value is -1.56. The van der Waals surface area contributed by atoms with Crippen molar-refractivity contribution < 1.29 is 22.7 Å². The van der Waals surface area contributed by atoms with E-state index in [1.165, 1.54) is 7.05 Å². The lowest BCUT2D eigenvalue weighted by Crippen LogP contribution is -2.42. The molecule has 0 aliphatic heterocycles. The monoisotopic (exact) mass is 502 g/mol. The summed E-state index contributed by atoms with van der Waals surface area (Å²) >= 11 is 0. The van der Waals surface area contributed by atoms with Gasteiger partial charge in [0.2, 0.25) is 5.91 Å². The van der Waals surface area contributed by atoms with Crippen LogP contribution in [0.2, 0.25) is 0 Å². The fraction of sp³-hybridized carbons (Fsp3) is 0.529. The van der Waals surface area contributed by atoms with Gasteiger partial charge in [-0.2, -0.15) is 0 Å². The number of halogens is 4. The largest absolute Gasteiger partial charge is 0.381 e. The van der Waals surface area contributed by atoms with Gasteiger partial charge in [0.25, 0.3) is 0 Å². The number of benzene rings is 1. The van der Waals surface area contributed by atoms with Gasteiger partial charge in [-0.1, -0.05) is 13.8 Å². The molecule has 1 amide bonds. The number of ether oxygens (including phenoxy) is 1. The van der Waals surface area contributed by atoms with Crippen LogP contribution in [0, 0.1) is 23.4 Å². The molecular weight excluding hydrogens is 476 g/mol. The first-order chi connectivity index (χ1) is 12.3. The average molecular weight is 502 g/mol. The lowest BCUT2D eigenvalue weighted by molar-refractivity contribution is -0.115. The number of nitrogens with one attached hydrogen (secondary N) is 3. The van der Waals surface area contributed by atoms with E-state index in [4.69, 9.17) is 4.74 Å². The molecule has 0 unspecified atom stereocenters. The first kappa shape index (κ1) is 25.4. The maximum absolute atomic E-state index is 13.5. The topological polar surface area (TPSA) is 74.8 Å². The van der Waals surface area contributed by atoms with E-state index in [0.29, 0.717) is 31.6 Å². The smallest absolute Gasteiger partial charge is 0.243 e. The summed E-state index contributed by atoms with van der Waals surface area (Å²) in [6.07, 6.45) is 0.764. The van der Waals surface area contributed by atoms with Crippen molar-refractivity contribution in [3.05, 3.63) is 29.6 Å². The fourth-order valence-corrected chi connectivity index (χ4v) is 1.90. The molecule has 0 atom stereocenters. The van der Waals surface area contributed by atoms with E-state index in [9.17, 15) is 18.0 Å². The Morgan fingerprint density at radius 2 is 1.89 bits per heavy atom. The van der Waals surface area contributed by atoms with Gasteiger partial charge in [0.15, 0.2) is 23.4 Å². The minimum Gasteiger partial charge on any atom is -0.381 e. The number of aliphatic imine (C=N–C) groups is 1. The summed E-state index contributed by atoms with van der Waals surface area (Å²) in [6, 6.07) is 1.69. The van der Waals surface area contributed by atoms with Crippen molar-refractivity contribution in [2.75, 3.05) is 38.7 Å². The van der Waals surface area contributed by atoms with E-state index >= 15 is 0 Å². The summed E-state index contributed by atoms with van der Waals surface area (Å²) in [7, 11) is 1.54. The molecular formula is C17H26F3IN4O2. The lowest BCUT2D eigenvalue weighted by Gasteiger charge is -2.13. The summed E-state index contributed by atoms with van der Waals surface area (Å²) in [6.45, 7) is 5.83. The Balaban J connectivity index is 0.00000676. The molecule has 0 aromatic heterocycles. The maximum Gasteiger partial charge on any atom is 0.243 e. The van der Waals surface area contributed by atoms with Crippen LogP contribution < -0.4 is 16.0 Å². The molecule has 6 nitrogen and oxygen atoms in total. The third-order valence-corrected chi connectivity index (χ3v) is 3.16. The summed E-state index contributed by atoms with van der Waals surface area (Å²) in [5.41, 5.74) is -0.430. The second kappa shape index (κ2) is 13.6. The van der Waals surface area contributed by atoms with E-state index in [1.807, 2.05) is 0 Å². The Kier molecular flexibility index (Phi) is 12.8. The molecule has 3 N–H and O–H groups in total. The number of amides is 1. The van der Waals surface area contributed by atoms with Crippen molar-refractivity contribution in [2.24, 2.45) is 10.9 Å². The van der Waals surface area contributed by atoms with Gasteiger partial charge in [0, 0.05) is 26.8 Å². The molecule has 0 spiro atoms. The minimum absolute atomic E-state index is 0. The predicted octanol–water partition coefficient (Wildman–Crippen LogP) is 2.89. The summed E-state index contributed by atoms with van der Waals surface area (Å²) in [4.78, 5) is 15.7. The summed E-state index contributed by atoms with van der Waals surface area (Å²) in [5, 5.41) is 7.91. The fourth-order valence-electron chi connectivity index (χ4n) is 1.90. The highest BCUT2D eigenvalue weighted by atomic mass is 127. The van der Waals surface area contributed by atoms with Crippen LogP contribution in [0.25, 0.3) is 0 Å². The number of hydrogen-bond acceptors (Lipinski definition) is 3. The normalized spacial score (nSPS) is 11.1. The van der Waals surface area contributed by atoms with Crippen molar-refractivity contribution in [3.63, 3.8) is 0 Å². The third kappa shape index (κ3) is 9.80. The van der Waals surface area contributed by atoms with E-state index in [0.717, 1.165) is 18.6 Å². The van der Waals surface area contributed by atoms with Gasteiger partial charge in [0.1, 0.15) is 0 Å². The zero-order valence-corrected chi connectivity index (χ0v) is 17.9. The molecule has 10 heteroatoms. The second-order valence-corrected chi connectivity index (χ2v) is 5.95.